The van der Waals surface area contributed by atoms with Gasteiger partial charge in [-0.3, -0.25) is 4.90 Å². The van der Waals surface area contributed by atoms with E-state index < -0.39 is 47.3 Å². The van der Waals surface area contributed by atoms with Crippen molar-refractivity contribution in [2.75, 3.05) is 13.7 Å². The van der Waals surface area contributed by atoms with Gasteiger partial charge >= 0.3 is 18.2 Å². The highest BCUT2D eigenvalue weighted by Crippen LogP contribution is 2.42. The molecule has 1 unspecified atom stereocenters. The minimum absolute atomic E-state index is 0.0617. The van der Waals surface area contributed by atoms with Crippen LogP contribution in [0.5, 0.6) is 0 Å². The lowest BCUT2D eigenvalue weighted by Crippen LogP contribution is -2.45. The van der Waals surface area contributed by atoms with E-state index in [0.717, 1.165) is 30.5 Å². The Bertz CT molecular complexity index is 1530. The first-order chi connectivity index (χ1) is 19.5. The minimum Gasteiger partial charge on any atom is -0.465 e. The van der Waals surface area contributed by atoms with Crippen molar-refractivity contribution in [1.82, 2.24) is 9.47 Å². The maximum atomic E-state index is 14.8. The van der Waals surface area contributed by atoms with Gasteiger partial charge in [-0.25, -0.2) is 23.3 Å². The highest BCUT2D eigenvalue weighted by molar-refractivity contribution is 6.10. The van der Waals surface area contributed by atoms with E-state index in [9.17, 15) is 23.9 Å². The van der Waals surface area contributed by atoms with Crippen molar-refractivity contribution in [1.29, 1.82) is 0 Å². The largest absolute Gasteiger partial charge is 0.465 e. The summed E-state index contributed by atoms with van der Waals surface area (Å²) in [6.45, 7) is 12.6. The number of aromatic nitrogens is 1. The third-order valence-electron chi connectivity index (χ3n) is 7.31. The van der Waals surface area contributed by atoms with E-state index in [2.05, 4.69) is 0 Å². The summed E-state index contributed by atoms with van der Waals surface area (Å²) in [7, 11) is 1.17. The number of aliphatic hydroxyl groups excluding tert-OH is 1. The SMILES string of the molecule is COC(=O)c1cc(F)cc2c1c(CO)c(-c1ccc(C3(C)CCCN3C(=O)OC(C)(C)C)cc1)n2C(=O)OC(C)(C)C. The van der Waals surface area contributed by atoms with Crippen molar-refractivity contribution in [2.45, 2.75) is 84.7 Å². The van der Waals surface area contributed by atoms with Gasteiger partial charge in [0, 0.05) is 17.5 Å². The number of rotatable bonds is 4. The molecule has 0 aliphatic carbocycles. The van der Waals surface area contributed by atoms with Gasteiger partial charge in [-0.05, 0) is 84.6 Å². The number of hydrogen-bond acceptors (Lipinski definition) is 7. The van der Waals surface area contributed by atoms with Gasteiger partial charge in [0.15, 0.2) is 0 Å². The number of aliphatic hydroxyl groups is 1. The molecule has 3 aromatic rings. The highest BCUT2D eigenvalue weighted by atomic mass is 19.1. The molecular formula is C32H39FN2O7. The van der Waals surface area contributed by atoms with Crippen molar-refractivity contribution in [2.24, 2.45) is 0 Å². The smallest absolute Gasteiger partial charge is 0.419 e. The van der Waals surface area contributed by atoms with Gasteiger partial charge < -0.3 is 19.3 Å². The van der Waals surface area contributed by atoms with Crippen LogP contribution in [0.15, 0.2) is 36.4 Å². The molecule has 1 saturated heterocycles. The molecule has 42 heavy (non-hydrogen) atoms. The van der Waals surface area contributed by atoms with E-state index in [-0.39, 0.29) is 27.7 Å². The molecule has 1 fully saturated rings. The predicted molar refractivity (Wildman–Crippen MR) is 156 cm³/mol. The predicted octanol–water partition coefficient (Wildman–Crippen LogP) is 6.76. The maximum absolute atomic E-state index is 14.8. The molecule has 0 radical (unpaired) electrons. The molecular weight excluding hydrogens is 543 g/mol. The molecule has 0 saturated carbocycles. The Labute approximate surface area is 245 Å². The van der Waals surface area contributed by atoms with Gasteiger partial charge in [0.25, 0.3) is 0 Å². The molecule has 1 aliphatic heterocycles. The van der Waals surface area contributed by atoms with Crippen LogP contribution in [0.3, 0.4) is 0 Å². The molecule has 4 rings (SSSR count). The van der Waals surface area contributed by atoms with Crippen molar-refractivity contribution in [3.63, 3.8) is 0 Å². The normalized spacial score (nSPS) is 17.4. The van der Waals surface area contributed by atoms with Gasteiger partial charge in [-0.15, -0.1) is 0 Å². The number of carbonyl (C=O) groups is 3. The summed E-state index contributed by atoms with van der Waals surface area (Å²) in [4.78, 5) is 41.0. The summed E-state index contributed by atoms with van der Waals surface area (Å²) in [5, 5.41) is 10.7. The first-order valence-electron chi connectivity index (χ1n) is 13.9. The van der Waals surface area contributed by atoms with Crippen LogP contribution in [0, 0.1) is 5.82 Å². The molecule has 2 heterocycles. The summed E-state index contributed by atoms with van der Waals surface area (Å²) in [6, 6.07) is 9.41. The first kappa shape index (κ1) is 31.0. The topological polar surface area (TPSA) is 107 Å². The van der Waals surface area contributed by atoms with E-state index in [1.165, 1.54) is 11.7 Å². The standard InChI is InChI=1S/C32H39FN2O7/c1-30(2,3)41-28(38)34-15-9-14-32(34,7)20-12-10-19(11-13-20)26-23(18-36)25-22(27(37)40-8)16-21(33)17-24(25)35(26)29(39)42-31(4,5)6/h10-13,16-17,36H,9,14-15,18H2,1-8H3. The molecule has 9 nitrogen and oxygen atoms in total. The summed E-state index contributed by atoms with van der Waals surface area (Å²) < 4.78 is 32.2. The number of carbonyl (C=O) groups excluding carboxylic acids is 3. The fraction of sp³-hybridized carbons (Fsp3) is 0.469. The second-order valence-corrected chi connectivity index (χ2v) is 12.7. The zero-order valence-electron chi connectivity index (χ0n) is 25.5. The number of methoxy groups -OCH3 is 1. The Morgan fingerprint density at radius 3 is 2.12 bits per heavy atom. The van der Waals surface area contributed by atoms with Crippen molar-refractivity contribution in [3.8, 4) is 11.3 Å². The number of nitrogens with zero attached hydrogens (tertiary/aromatic N) is 2. The second kappa shape index (κ2) is 11.1. The van der Waals surface area contributed by atoms with Crippen LogP contribution >= 0.6 is 0 Å². The average molecular weight is 583 g/mol. The van der Waals surface area contributed by atoms with Gasteiger partial charge in [0.05, 0.1) is 36.0 Å². The third-order valence-corrected chi connectivity index (χ3v) is 7.31. The number of esters is 1. The van der Waals surface area contributed by atoms with E-state index >= 15 is 0 Å². The molecule has 1 amide bonds. The summed E-state index contributed by atoms with van der Waals surface area (Å²) in [6.07, 6.45) is 0.344. The number of benzene rings is 2. The summed E-state index contributed by atoms with van der Waals surface area (Å²) >= 11 is 0. The monoisotopic (exact) mass is 582 g/mol. The lowest BCUT2D eigenvalue weighted by atomic mass is 9.88. The van der Waals surface area contributed by atoms with Crippen molar-refractivity contribution < 1.29 is 38.1 Å². The lowest BCUT2D eigenvalue weighted by molar-refractivity contribution is 0.00988. The Balaban J connectivity index is 1.90. The number of likely N-dealkylation sites (tertiary alicyclic amines) is 1. The van der Waals surface area contributed by atoms with Crippen LogP contribution in [0.25, 0.3) is 22.2 Å². The zero-order valence-corrected chi connectivity index (χ0v) is 25.5. The zero-order chi connectivity index (χ0) is 31.2. The van der Waals surface area contributed by atoms with Crippen LogP contribution in [0.1, 0.15) is 82.8 Å². The molecule has 10 heteroatoms. The molecule has 226 valence electrons. The number of halogens is 1. The molecule has 1 aromatic heterocycles. The molecule has 1 atom stereocenters. The van der Waals surface area contributed by atoms with E-state index in [1.807, 2.05) is 39.8 Å². The lowest BCUT2D eigenvalue weighted by Gasteiger charge is -2.37. The second-order valence-electron chi connectivity index (χ2n) is 12.7. The van der Waals surface area contributed by atoms with Gasteiger partial charge in [0.2, 0.25) is 0 Å². The Morgan fingerprint density at radius 1 is 0.976 bits per heavy atom. The number of hydrogen-bond donors (Lipinski definition) is 1. The van der Waals surface area contributed by atoms with Crippen LogP contribution in [0.4, 0.5) is 14.0 Å². The molecule has 1 aliphatic rings. The van der Waals surface area contributed by atoms with Crippen molar-refractivity contribution >= 4 is 29.1 Å². The molecule has 0 spiro atoms. The molecule has 2 aromatic carbocycles. The summed E-state index contributed by atoms with van der Waals surface area (Å²) in [5.41, 5.74) is -0.323. The van der Waals surface area contributed by atoms with Crippen LogP contribution in [-0.2, 0) is 26.4 Å². The number of ether oxygens (including phenoxy) is 3. The maximum Gasteiger partial charge on any atom is 0.419 e. The number of fused-ring (bicyclic) bond motifs is 1. The first-order valence-corrected chi connectivity index (χ1v) is 13.9. The summed E-state index contributed by atoms with van der Waals surface area (Å²) in [5.74, 6) is -1.57. The van der Waals surface area contributed by atoms with Gasteiger partial charge in [-0.2, -0.15) is 0 Å². The Morgan fingerprint density at radius 2 is 1.57 bits per heavy atom. The fourth-order valence-electron chi connectivity index (χ4n) is 5.55. The van der Waals surface area contributed by atoms with Crippen LogP contribution in [0.2, 0.25) is 0 Å². The quantitative estimate of drug-likeness (QED) is 0.268. The van der Waals surface area contributed by atoms with Crippen LogP contribution in [-0.4, -0.2) is 57.6 Å². The van der Waals surface area contributed by atoms with E-state index in [1.54, 1.807) is 37.8 Å². The van der Waals surface area contributed by atoms with E-state index in [0.29, 0.717) is 12.1 Å². The minimum atomic E-state index is -0.880. The Kier molecular flexibility index (Phi) is 8.17. The Hall–Kier alpha value is -3.92. The molecule has 0 bridgehead atoms. The highest BCUT2D eigenvalue weighted by Gasteiger charge is 2.43. The van der Waals surface area contributed by atoms with E-state index in [4.69, 9.17) is 14.2 Å². The van der Waals surface area contributed by atoms with Crippen molar-refractivity contribution in [3.05, 3.63) is 58.9 Å². The third kappa shape index (κ3) is 5.86. The van der Waals surface area contributed by atoms with Gasteiger partial charge in [0.1, 0.15) is 17.0 Å². The average Bonchev–Trinajstić information content (AvgIpc) is 3.44. The van der Waals surface area contributed by atoms with Gasteiger partial charge in [-0.1, -0.05) is 24.3 Å². The molecule has 1 N–H and O–H groups in total. The fourth-order valence-corrected chi connectivity index (χ4v) is 5.55. The van der Waals surface area contributed by atoms with Crippen LogP contribution < -0.4 is 0 Å². The number of amides is 1.